The van der Waals surface area contributed by atoms with Gasteiger partial charge in [0.2, 0.25) is 0 Å². The zero-order chi connectivity index (χ0) is 24.6. The van der Waals surface area contributed by atoms with Gasteiger partial charge in [-0.1, -0.05) is 50.1 Å². The predicted octanol–water partition coefficient (Wildman–Crippen LogP) is 6.40. The van der Waals surface area contributed by atoms with Crippen LogP contribution in [-0.2, 0) is 22.5 Å². The third kappa shape index (κ3) is 6.46. The summed E-state index contributed by atoms with van der Waals surface area (Å²) < 4.78 is 17.1. The summed E-state index contributed by atoms with van der Waals surface area (Å²) in [4.78, 5) is 15.2. The van der Waals surface area contributed by atoms with Crippen LogP contribution in [0.3, 0.4) is 0 Å². The van der Waals surface area contributed by atoms with Crippen LogP contribution in [0.4, 0.5) is 0 Å². The molecule has 0 spiro atoms. The molecule has 1 aliphatic heterocycles. The number of methoxy groups -OCH3 is 2. The average Bonchev–Trinajstić information content (AvgIpc) is 3.20. The van der Waals surface area contributed by atoms with Crippen molar-refractivity contribution in [1.82, 2.24) is 4.90 Å². The van der Waals surface area contributed by atoms with E-state index in [9.17, 15) is 4.79 Å². The van der Waals surface area contributed by atoms with Crippen molar-refractivity contribution < 1.29 is 19.0 Å². The Hall–Kier alpha value is -2.79. The minimum atomic E-state index is -0.133. The molecule has 2 aromatic rings. The first-order chi connectivity index (χ1) is 17.1. The monoisotopic (exact) mass is 477 g/mol. The molecule has 0 N–H and O–H groups in total. The topological polar surface area (TPSA) is 48.0 Å². The van der Waals surface area contributed by atoms with Crippen LogP contribution in [0.25, 0.3) is 5.76 Å². The average molecular weight is 478 g/mol. The molecule has 4 rings (SSSR count). The minimum absolute atomic E-state index is 0.133. The molecule has 1 aliphatic carbocycles. The van der Waals surface area contributed by atoms with Gasteiger partial charge in [0.15, 0.2) is 11.5 Å². The van der Waals surface area contributed by atoms with E-state index >= 15 is 0 Å². The Balaban J connectivity index is 1.46. The molecule has 0 atom stereocenters. The van der Waals surface area contributed by atoms with E-state index in [4.69, 9.17) is 14.2 Å². The van der Waals surface area contributed by atoms with E-state index in [0.29, 0.717) is 18.1 Å². The van der Waals surface area contributed by atoms with Crippen molar-refractivity contribution in [2.75, 3.05) is 27.3 Å². The van der Waals surface area contributed by atoms with Crippen molar-refractivity contribution in [3.05, 3.63) is 64.7 Å². The highest BCUT2D eigenvalue weighted by atomic mass is 16.5. The number of rotatable bonds is 11. The van der Waals surface area contributed by atoms with Crippen molar-refractivity contribution in [3.8, 4) is 11.5 Å². The second-order valence-electron chi connectivity index (χ2n) is 9.81. The summed E-state index contributed by atoms with van der Waals surface area (Å²) in [6.07, 6.45) is 7.57. The number of hydrogen-bond donors (Lipinski definition) is 0. The van der Waals surface area contributed by atoms with Crippen LogP contribution in [0, 0.1) is 5.92 Å². The van der Waals surface area contributed by atoms with E-state index in [2.05, 4.69) is 42.2 Å². The smallest absolute Gasteiger partial charge is 0.311 e. The number of carbonyl (C=O) groups excluding carboxylic acids is 1. The molecule has 1 fully saturated rings. The molecular formula is C30H39NO4. The van der Waals surface area contributed by atoms with Crippen LogP contribution >= 0.6 is 0 Å². The number of likely N-dealkylation sites (tertiary alicyclic amines) is 1. The lowest BCUT2D eigenvalue weighted by Gasteiger charge is -2.32. The summed E-state index contributed by atoms with van der Waals surface area (Å²) >= 11 is 0. The van der Waals surface area contributed by atoms with E-state index in [1.807, 2.05) is 12.1 Å². The Morgan fingerprint density at radius 2 is 1.71 bits per heavy atom. The van der Waals surface area contributed by atoms with Crippen LogP contribution in [0.15, 0.2) is 48.0 Å². The Kier molecular flexibility index (Phi) is 8.86. The van der Waals surface area contributed by atoms with Crippen molar-refractivity contribution in [3.63, 3.8) is 0 Å². The molecule has 0 saturated carbocycles. The zero-order valence-electron chi connectivity index (χ0n) is 21.5. The van der Waals surface area contributed by atoms with E-state index in [0.717, 1.165) is 87.2 Å². The molecule has 0 aromatic heterocycles. The van der Waals surface area contributed by atoms with Gasteiger partial charge < -0.3 is 14.2 Å². The lowest BCUT2D eigenvalue weighted by atomic mass is 9.89. The number of hydrogen-bond acceptors (Lipinski definition) is 5. The first-order valence-corrected chi connectivity index (χ1v) is 13.1. The summed E-state index contributed by atoms with van der Waals surface area (Å²) in [5, 5.41) is 0. The maximum Gasteiger partial charge on any atom is 0.311 e. The van der Waals surface area contributed by atoms with E-state index < -0.39 is 0 Å². The molecule has 0 amide bonds. The van der Waals surface area contributed by atoms with Gasteiger partial charge in [0, 0.05) is 18.5 Å². The lowest BCUT2D eigenvalue weighted by Crippen LogP contribution is -2.33. The highest BCUT2D eigenvalue weighted by Crippen LogP contribution is 2.43. The molecule has 0 bridgehead atoms. The second-order valence-corrected chi connectivity index (χ2v) is 9.81. The van der Waals surface area contributed by atoms with Crippen LogP contribution in [0.5, 0.6) is 11.5 Å². The number of nitrogens with zero attached hydrogens (tertiary/aromatic N) is 1. The number of esters is 1. The SMILES string of the molecule is CCCCCC(=O)OC1=C(CC2CCN(Cc3ccccc3)CC2)Cc2cc(OC)c(OC)cc21. The third-order valence-corrected chi connectivity index (χ3v) is 7.27. The van der Waals surface area contributed by atoms with E-state index in [1.54, 1.807) is 14.2 Å². The number of benzene rings is 2. The molecule has 5 nitrogen and oxygen atoms in total. The number of carbonyl (C=O) groups is 1. The molecule has 35 heavy (non-hydrogen) atoms. The van der Waals surface area contributed by atoms with Gasteiger partial charge in [-0.3, -0.25) is 9.69 Å². The van der Waals surface area contributed by atoms with Crippen molar-refractivity contribution in [1.29, 1.82) is 0 Å². The van der Waals surface area contributed by atoms with Gasteiger partial charge in [0.05, 0.1) is 14.2 Å². The van der Waals surface area contributed by atoms with Crippen LogP contribution in [0.1, 0.15) is 68.6 Å². The van der Waals surface area contributed by atoms with Gasteiger partial charge in [-0.05, 0) is 79.9 Å². The molecular weight excluding hydrogens is 438 g/mol. The predicted molar refractivity (Wildman–Crippen MR) is 139 cm³/mol. The maximum absolute atomic E-state index is 12.7. The molecule has 1 saturated heterocycles. The molecule has 0 unspecified atom stereocenters. The number of allylic oxidation sites excluding steroid dienone is 1. The molecule has 0 radical (unpaired) electrons. The number of piperidine rings is 1. The fraction of sp³-hybridized carbons (Fsp3) is 0.500. The highest BCUT2D eigenvalue weighted by Gasteiger charge is 2.30. The Morgan fingerprint density at radius 3 is 2.40 bits per heavy atom. The molecule has 5 heteroatoms. The molecule has 1 heterocycles. The second kappa shape index (κ2) is 12.3. The largest absolute Gasteiger partial charge is 0.493 e. The van der Waals surface area contributed by atoms with E-state index in [1.165, 1.54) is 11.1 Å². The number of unbranched alkanes of at least 4 members (excludes halogenated alkanes) is 2. The van der Waals surface area contributed by atoms with E-state index in [-0.39, 0.29) is 5.97 Å². The Labute approximate surface area is 210 Å². The first kappa shape index (κ1) is 25.3. The number of fused-ring (bicyclic) bond motifs is 1. The van der Waals surface area contributed by atoms with Gasteiger partial charge in [0.1, 0.15) is 5.76 Å². The summed E-state index contributed by atoms with van der Waals surface area (Å²) in [6, 6.07) is 14.7. The minimum Gasteiger partial charge on any atom is -0.493 e. The van der Waals surface area contributed by atoms with Crippen molar-refractivity contribution in [2.24, 2.45) is 5.92 Å². The van der Waals surface area contributed by atoms with Crippen molar-refractivity contribution in [2.45, 2.75) is 64.8 Å². The Bertz CT molecular complexity index is 1020. The fourth-order valence-electron chi connectivity index (χ4n) is 5.29. The number of ether oxygens (including phenoxy) is 3. The van der Waals surface area contributed by atoms with Crippen LogP contribution in [0.2, 0.25) is 0 Å². The van der Waals surface area contributed by atoms with Gasteiger partial charge in [-0.2, -0.15) is 0 Å². The van der Waals surface area contributed by atoms with Crippen LogP contribution < -0.4 is 9.47 Å². The molecule has 2 aliphatic rings. The van der Waals surface area contributed by atoms with Gasteiger partial charge in [-0.25, -0.2) is 0 Å². The zero-order valence-corrected chi connectivity index (χ0v) is 21.5. The Morgan fingerprint density at radius 1 is 1.00 bits per heavy atom. The summed E-state index contributed by atoms with van der Waals surface area (Å²) in [5.74, 6) is 2.61. The van der Waals surface area contributed by atoms with Gasteiger partial charge in [0.25, 0.3) is 0 Å². The summed E-state index contributed by atoms with van der Waals surface area (Å²) in [6.45, 7) is 5.37. The quantitative estimate of drug-likeness (QED) is 0.277. The fourth-order valence-corrected chi connectivity index (χ4v) is 5.29. The third-order valence-electron chi connectivity index (χ3n) is 7.27. The standard InChI is InChI=1S/C30H39NO4/c1-4-5-7-12-29(32)35-30-25(18-24-19-27(33-2)28(34-3)20-26(24)30)17-22-13-15-31(16-14-22)21-23-10-8-6-9-11-23/h6,8-11,19-20,22H,4-5,7,12-18,21H2,1-3H3. The normalized spacial score (nSPS) is 16.3. The van der Waals surface area contributed by atoms with Crippen molar-refractivity contribution >= 4 is 11.7 Å². The lowest BCUT2D eigenvalue weighted by molar-refractivity contribution is -0.136. The first-order valence-electron chi connectivity index (χ1n) is 13.1. The maximum atomic E-state index is 12.7. The highest BCUT2D eigenvalue weighted by molar-refractivity contribution is 5.83. The molecule has 2 aromatic carbocycles. The van der Waals surface area contributed by atoms with Gasteiger partial charge >= 0.3 is 5.97 Å². The summed E-state index contributed by atoms with van der Waals surface area (Å²) in [7, 11) is 3.30. The van der Waals surface area contributed by atoms with Crippen LogP contribution in [-0.4, -0.2) is 38.2 Å². The van der Waals surface area contributed by atoms with Gasteiger partial charge in [-0.15, -0.1) is 0 Å². The summed E-state index contributed by atoms with van der Waals surface area (Å²) in [5.41, 5.74) is 4.74. The molecule has 188 valence electrons.